The molecule has 0 fully saturated rings. The lowest BCUT2D eigenvalue weighted by Crippen LogP contribution is -2.28. The highest BCUT2D eigenvalue weighted by molar-refractivity contribution is 7.17. The number of nitrogens with zero attached hydrogens (tertiary/aromatic N) is 2. The zero-order valence-corrected chi connectivity index (χ0v) is 17.9. The van der Waals surface area contributed by atoms with E-state index in [1.165, 1.54) is 11.1 Å². The lowest BCUT2D eigenvalue weighted by atomic mass is 9.73. The zero-order valence-electron chi connectivity index (χ0n) is 17.1. The predicted octanol–water partition coefficient (Wildman–Crippen LogP) is 4.17. The molecule has 1 aromatic carbocycles. The second kappa shape index (κ2) is 7.30. The molecule has 1 aliphatic carbocycles. The minimum Gasteiger partial charge on any atom is -0.497 e. The number of carbonyl (C=O) groups excluding carboxylic acids is 1. The van der Waals surface area contributed by atoms with Gasteiger partial charge in [-0.05, 0) is 54.9 Å². The van der Waals surface area contributed by atoms with E-state index in [1.54, 1.807) is 47.1 Å². The summed E-state index contributed by atoms with van der Waals surface area (Å²) < 4.78 is 6.80. The molecule has 3 aromatic rings. The van der Waals surface area contributed by atoms with Crippen LogP contribution in [0.25, 0.3) is 4.96 Å². The Morgan fingerprint density at radius 3 is 2.66 bits per heavy atom. The molecule has 0 aliphatic heterocycles. The van der Waals surface area contributed by atoms with Crippen LogP contribution in [0.3, 0.4) is 0 Å². The molecule has 0 radical (unpaired) electrons. The van der Waals surface area contributed by atoms with Crippen LogP contribution in [0.1, 0.15) is 48.1 Å². The van der Waals surface area contributed by atoms with E-state index < -0.39 is 0 Å². The Balaban J connectivity index is 1.64. The van der Waals surface area contributed by atoms with Crippen molar-refractivity contribution in [2.24, 2.45) is 11.3 Å². The van der Waals surface area contributed by atoms with Gasteiger partial charge in [0, 0.05) is 16.1 Å². The largest absolute Gasteiger partial charge is 0.497 e. The van der Waals surface area contributed by atoms with E-state index in [0.29, 0.717) is 22.2 Å². The molecule has 0 spiro atoms. The van der Waals surface area contributed by atoms with E-state index in [0.717, 1.165) is 25.0 Å². The predicted molar refractivity (Wildman–Crippen MR) is 115 cm³/mol. The molecule has 2 aromatic heterocycles. The Labute approximate surface area is 173 Å². The molecule has 1 aliphatic rings. The standard InChI is InChI=1S/C22H25N3O3S/c1-22(2,3)14-7-10-17-18(11-14)29-21-23-12-16(20(27)25(17)21)24-19(26)13-5-8-15(28-4)9-6-13/h5-6,8-9,12,14H,7,10-11H2,1-4H3,(H,24,26)/t14-/m0/s1. The Bertz CT molecular complexity index is 1120. The van der Waals surface area contributed by atoms with Gasteiger partial charge in [-0.2, -0.15) is 0 Å². The molecule has 1 N–H and O–H groups in total. The fourth-order valence-corrected chi connectivity index (χ4v) is 5.06. The normalized spacial score (nSPS) is 16.5. The third kappa shape index (κ3) is 3.67. The van der Waals surface area contributed by atoms with Crippen molar-refractivity contribution in [2.75, 3.05) is 12.4 Å². The second-order valence-electron chi connectivity index (χ2n) is 8.56. The monoisotopic (exact) mass is 411 g/mol. The summed E-state index contributed by atoms with van der Waals surface area (Å²) in [5, 5.41) is 2.71. The average Bonchev–Trinajstić information content (AvgIpc) is 3.08. The molecule has 152 valence electrons. The van der Waals surface area contributed by atoms with Crippen LogP contribution >= 0.6 is 11.3 Å². The van der Waals surface area contributed by atoms with E-state index in [2.05, 4.69) is 31.1 Å². The molecule has 0 saturated carbocycles. The number of benzene rings is 1. The maximum atomic E-state index is 13.1. The van der Waals surface area contributed by atoms with Gasteiger partial charge < -0.3 is 10.1 Å². The minimum atomic E-state index is -0.344. The molecule has 7 heteroatoms. The molecule has 4 rings (SSSR count). The van der Waals surface area contributed by atoms with Crippen LogP contribution in [-0.2, 0) is 12.8 Å². The van der Waals surface area contributed by atoms with Gasteiger partial charge in [0.05, 0.1) is 13.3 Å². The number of carbonyl (C=O) groups is 1. The highest BCUT2D eigenvalue weighted by Gasteiger charge is 2.31. The van der Waals surface area contributed by atoms with Gasteiger partial charge in [0.2, 0.25) is 0 Å². The number of hydrogen-bond acceptors (Lipinski definition) is 5. The summed E-state index contributed by atoms with van der Waals surface area (Å²) in [5.41, 5.74) is 1.72. The fourth-order valence-electron chi connectivity index (χ4n) is 3.85. The fraction of sp³-hybridized carbons (Fsp3) is 0.409. The van der Waals surface area contributed by atoms with Gasteiger partial charge in [0.25, 0.3) is 11.5 Å². The number of nitrogens with one attached hydrogen (secondary N) is 1. The van der Waals surface area contributed by atoms with Gasteiger partial charge in [0.1, 0.15) is 11.4 Å². The third-order valence-electron chi connectivity index (χ3n) is 5.72. The van der Waals surface area contributed by atoms with Crippen LogP contribution in [0.15, 0.2) is 35.3 Å². The summed E-state index contributed by atoms with van der Waals surface area (Å²) in [6.07, 6.45) is 4.34. The number of ether oxygens (including phenoxy) is 1. The number of anilines is 1. The van der Waals surface area contributed by atoms with Crippen LogP contribution < -0.4 is 15.6 Å². The van der Waals surface area contributed by atoms with Crippen molar-refractivity contribution in [3.8, 4) is 5.75 Å². The molecular weight excluding hydrogens is 386 g/mol. The van der Waals surface area contributed by atoms with Gasteiger partial charge in [-0.15, -0.1) is 11.3 Å². The minimum absolute atomic E-state index is 0.196. The second-order valence-corrected chi connectivity index (χ2v) is 9.62. The number of aryl methyl sites for hydroxylation is 1. The lowest BCUT2D eigenvalue weighted by Gasteiger charge is -2.33. The average molecular weight is 412 g/mol. The number of aromatic nitrogens is 2. The van der Waals surface area contributed by atoms with E-state index in [4.69, 9.17) is 4.74 Å². The van der Waals surface area contributed by atoms with Crippen LogP contribution in [0, 0.1) is 11.3 Å². The zero-order chi connectivity index (χ0) is 20.8. The summed E-state index contributed by atoms with van der Waals surface area (Å²) in [4.78, 5) is 32.0. The first kappa shape index (κ1) is 19.6. The number of fused-ring (bicyclic) bond motifs is 3. The number of hydrogen-bond donors (Lipinski definition) is 1. The highest BCUT2D eigenvalue weighted by Crippen LogP contribution is 2.39. The summed E-state index contributed by atoms with van der Waals surface area (Å²) in [6, 6.07) is 6.75. The van der Waals surface area contributed by atoms with E-state index in [-0.39, 0.29) is 22.6 Å². The van der Waals surface area contributed by atoms with Crippen molar-refractivity contribution in [3.05, 3.63) is 57.0 Å². The topological polar surface area (TPSA) is 72.7 Å². The Morgan fingerprint density at radius 1 is 1.28 bits per heavy atom. The van der Waals surface area contributed by atoms with E-state index in [9.17, 15) is 9.59 Å². The Morgan fingerprint density at radius 2 is 2.00 bits per heavy atom. The first-order valence-corrected chi connectivity index (χ1v) is 10.6. The molecule has 1 atom stereocenters. The van der Waals surface area contributed by atoms with Crippen molar-refractivity contribution >= 4 is 27.9 Å². The Kier molecular flexibility index (Phi) is 4.94. The summed E-state index contributed by atoms with van der Waals surface area (Å²) in [6.45, 7) is 6.81. The van der Waals surface area contributed by atoms with E-state index in [1.807, 2.05) is 0 Å². The van der Waals surface area contributed by atoms with Crippen molar-refractivity contribution in [1.82, 2.24) is 9.38 Å². The molecule has 29 heavy (non-hydrogen) atoms. The molecule has 6 nitrogen and oxygen atoms in total. The molecule has 0 bridgehead atoms. The van der Waals surface area contributed by atoms with Gasteiger partial charge in [-0.25, -0.2) is 4.98 Å². The first-order chi connectivity index (χ1) is 13.8. The van der Waals surface area contributed by atoms with Crippen molar-refractivity contribution < 1.29 is 9.53 Å². The maximum Gasteiger partial charge on any atom is 0.282 e. The number of thiazole rings is 1. The molecular formula is C22H25N3O3S. The third-order valence-corrected chi connectivity index (χ3v) is 6.84. The summed E-state index contributed by atoms with van der Waals surface area (Å²) in [7, 11) is 1.57. The Hall–Kier alpha value is -2.67. The van der Waals surface area contributed by atoms with Crippen LogP contribution in [0.2, 0.25) is 0 Å². The maximum absolute atomic E-state index is 13.1. The van der Waals surface area contributed by atoms with Gasteiger partial charge in [-0.3, -0.25) is 14.0 Å². The lowest BCUT2D eigenvalue weighted by molar-refractivity contribution is 0.102. The van der Waals surface area contributed by atoms with Crippen molar-refractivity contribution in [3.63, 3.8) is 0 Å². The SMILES string of the molecule is COc1ccc(C(=O)Nc2cnc3sc4c(n3c2=O)CC[C@H](C(C)(C)C)C4)cc1. The van der Waals surface area contributed by atoms with Gasteiger partial charge >= 0.3 is 0 Å². The number of methoxy groups -OCH3 is 1. The van der Waals surface area contributed by atoms with Crippen molar-refractivity contribution in [2.45, 2.75) is 40.0 Å². The number of rotatable bonds is 3. The highest BCUT2D eigenvalue weighted by atomic mass is 32.1. The molecule has 1 amide bonds. The molecule has 0 unspecified atom stereocenters. The van der Waals surface area contributed by atoms with E-state index >= 15 is 0 Å². The van der Waals surface area contributed by atoms with Crippen molar-refractivity contribution in [1.29, 1.82) is 0 Å². The molecule has 2 heterocycles. The summed E-state index contributed by atoms with van der Waals surface area (Å²) >= 11 is 1.59. The van der Waals surface area contributed by atoms with Crippen LogP contribution in [-0.4, -0.2) is 22.4 Å². The van der Waals surface area contributed by atoms with Gasteiger partial charge in [-0.1, -0.05) is 20.8 Å². The molecule has 0 saturated heterocycles. The smallest absolute Gasteiger partial charge is 0.282 e. The van der Waals surface area contributed by atoms with Crippen LogP contribution in [0.4, 0.5) is 5.69 Å². The van der Waals surface area contributed by atoms with Gasteiger partial charge in [0.15, 0.2) is 4.96 Å². The van der Waals surface area contributed by atoms with Crippen LogP contribution in [0.5, 0.6) is 5.75 Å². The summed E-state index contributed by atoms with van der Waals surface area (Å²) in [5.74, 6) is 0.916. The quantitative estimate of drug-likeness (QED) is 0.702. The first-order valence-electron chi connectivity index (χ1n) is 9.75. The number of amides is 1.